The fraction of sp³-hybridized carbons (Fsp3) is 0.688. The van der Waals surface area contributed by atoms with E-state index in [1.54, 1.807) is 6.20 Å². The molecule has 0 amide bonds. The van der Waals surface area contributed by atoms with E-state index in [4.69, 9.17) is 16.3 Å². The Morgan fingerprint density at radius 1 is 1.43 bits per heavy atom. The van der Waals surface area contributed by atoms with E-state index in [-0.39, 0.29) is 0 Å². The molecule has 5 heteroatoms. The Bertz CT molecular complexity index is 447. The summed E-state index contributed by atoms with van der Waals surface area (Å²) in [5.74, 6) is 1.33. The second-order valence-corrected chi connectivity index (χ2v) is 6.33. The van der Waals surface area contributed by atoms with Crippen LogP contribution in [-0.4, -0.2) is 49.7 Å². The fourth-order valence-corrected chi connectivity index (χ4v) is 2.91. The van der Waals surface area contributed by atoms with Gasteiger partial charge in [-0.2, -0.15) is 0 Å². The van der Waals surface area contributed by atoms with Crippen LogP contribution in [0.3, 0.4) is 0 Å². The molecule has 1 atom stereocenters. The van der Waals surface area contributed by atoms with Gasteiger partial charge in [-0.05, 0) is 46.4 Å². The average Bonchev–Trinajstić information content (AvgIpc) is 2.48. The Morgan fingerprint density at radius 2 is 2.14 bits per heavy atom. The van der Waals surface area contributed by atoms with Gasteiger partial charge >= 0.3 is 0 Å². The van der Waals surface area contributed by atoms with Crippen LogP contribution >= 0.6 is 11.6 Å². The second-order valence-electron chi connectivity index (χ2n) is 5.90. The molecule has 0 unspecified atom stereocenters. The summed E-state index contributed by atoms with van der Waals surface area (Å²) >= 11 is 6.10. The summed E-state index contributed by atoms with van der Waals surface area (Å²) < 4.78 is 6.08. The van der Waals surface area contributed by atoms with Crippen molar-refractivity contribution in [1.82, 2.24) is 15.2 Å². The van der Waals surface area contributed by atoms with Gasteiger partial charge in [0.15, 0.2) is 0 Å². The molecule has 0 aliphatic carbocycles. The lowest BCUT2D eigenvalue weighted by Crippen LogP contribution is -2.33. The maximum atomic E-state index is 6.10. The van der Waals surface area contributed by atoms with E-state index in [1.807, 2.05) is 6.07 Å². The second kappa shape index (κ2) is 7.97. The predicted octanol–water partition coefficient (Wildman–Crippen LogP) is 2.92. The SMILES string of the molecule is CC[C@H](COc1cc(Cl)cnc1C1CCNCC1)N(C)C. The van der Waals surface area contributed by atoms with Gasteiger partial charge in [-0.25, -0.2) is 0 Å². The van der Waals surface area contributed by atoms with Crippen molar-refractivity contribution in [3.8, 4) is 5.75 Å². The summed E-state index contributed by atoms with van der Waals surface area (Å²) in [6, 6.07) is 2.32. The van der Waals surface area contributed by atoms with Gasteiger partial charge in [0.05, 0.1) is 10.7 Å². The van der Waals surface area contributed by atoms with Crippen LogP contribution in [0.2, 0.25) is 5.02 Å². The van der Waals surface area contributed by atoms with E-state index in [9.17, 15) is 0 Å². The number of rotatable bonds is 6. The zero-order chi connectivity index (χ0) is 15.2. The summed E-state index contributed by atoms with van der Waals surface area (Å²) in [5, 5.41) is 4.03. The van der Waals surface area contributed by atoms with E-state index >= 15 is 0 Å². The van der Waals surface area contributed by atoms with Crippen LogP contribution in [0.4, 0.5) is 0 Å². The van der Waals surface area contributed by atoms with Crippen LogP contribution in [0.15, 0.2) is 12.3 Å². The highest BCUT2D eigenvalue weighted by Crippen LogP contribution is 2.32. The molecule has 0 spiro atoms. The van der Waals surface area contributed by atoms with Gasteiger partial charge in [-0.1, -0.05) is 18.5 Å². The number of hydrogen-bond acceptors (Lipinski definition) is 4. The molecule has 2 heterocycles. The van der Waals surface area contributed by atoms with Crippen LogP contribution in [0.5, 0.6) is 5.75 Å². The molecular weight excluding hydrogens is 286 g/mol. The number of piperidine rings is 1. The Morgan fingerprint density at radius 3 is 2.76 bits per heavy atom. The monoisotopic (exact) mass is 311 g/mol. The first-order valence-electron chi connectivity index (χ1n) is 7.77. The molecule has 118 valence electrons. The van der Waals surface area contributed by atoms with Crippen molar-refractivity contribution in [3.05, 3.63) is 23.0 Å². The largest absolute Gasteiger partial charge is 0.490 e. The third kappa shape index (κ3) is 4.56. The topological polar surface area (TPSA) is 37.4 Å². The molecule has 1 aliphatic heterocycles. The van der Waals surface area contributed by atoms with Gasteiger partial charge in [-0.3, -0.25) is 4.98 Å². The maximum Gasteiger partial charge on any atom is 0.142 e. The van der Waals surface area contributed by atoms with Crippen molar-refractivity contribution in [1.29, 1.82) is 0 Å². The summed E-state index contributed by atoms with van der Waals surface area (Å²) in [6.07, 6.45) is 5.00. The normalized spacial score (nSPS) is 18.0. The third-order valence-corrected chi connectivity index (χ3v) is 4.41. The molecule has 1 fully saturated rings. The van der Waals surface area contributed by atoms with Crippen LogP contribution < -0.4 is 10.1 Å². The molecule has 0 aromatic carbocycles. The van der Waals surface area contributed by atoms with Crippen molar-refractivity contribution in [2.45, 2.75) is 38.1 Å². The summed E-state index contributed by atoms with van der Waals surface area (Å²) in [7, 11) is 4.17. The minimum absolute atomic E-state index is 0.407. The number of halogens is 1. The first-order chi connectivity index (χ1) is 10.1. The maximum absolute atomic E-state index is 6.10. The Kier molecular flexibility index (Phi) is 6.27. The molecule has 1 aromatic rings. The highest BCUT2D eigenvalue weighted by molar-refractivity contribution is 6.30. The van der Waals surface area contributed by atoms with Gasteiger partial charge in [0.2, 0.25) is 0 Å². The molecule has 1 saturated heterocycles. The van der Waals surface area contributed by atoms with Gasteiger partial charge in [0, 0.05) is 24.2 Å². The van der Waals surface area contributed by atoms with E-state index in [0.717, 1.165) is 43.8 Å². The highest BCUT2D eigenvalue weighted by Gasteiger charge is 2.21. The van der Waals surface area contributed by atoms with Crippen LogP contribution in [0, 0.1) is 0 Å². The third-order valence-electron chi connectivity index (χ3n) is 4.21. The lowest BCUT2D eigenvalue weighted by Gasteiger charge is -2.26. The smallest absolute Gasteiger partial charge is 0.142 e. The lowest BCUT2D eigenvalue weighted by atomic mass is 9.93. The molecule has 2 rings (SSSR count). The van der Waals surface area contributed by atoms with E-state index in [2.05, 4.69) is 36.2 Å². The Labute approximate surface area is 132 Å². The number of nitrogens with one attached hydrogen (secondary N) is 1. The molecule has 0 saturated carbocycles. The summed E-state index contributed by atoms with van der Waals surface area (Å²) in [6.45, 7) is 4.94. The fourth-order valence-electron chi connectivity index (χ4n) is 2.77. The number of hydrogen-bond donors (Lipinski definition) is 1. The molecule has 0 radical (unpaired) electrons. The van der Waals surface area contributed by atoms with Gasteiger partial charge in [0.25, 0.3) is 0 Å². The van der Waals surface area contributed by atoms with E-state index in [1.165, 1.54) is 0 Å². The molecule has 1 N–H and O–H groups in total. The first kappa shape index (κ1) is 16.5. The van der Waals surface area contributed by atoms with Crippen LogP contribution in [-0.2, 0) is 0 Å². The average molecular weight is 312 g/mol. The van der Waals surface area contributed by atoms with Crippen molar-refractivity contribution in [2.24, 2.45) is 0 Å². The number of likely N-dealkylation sites (N-methyl/N-ethyl adjacent to an activating group) is 1. The van der Waals surface area contributed by atoms with Crippen LogP contribution in [0.25, 0.3) is 0 Å². The quantitative estimate of drug-likeness (QED) is 0.876. The minimum Gasteiger partial charge on any atom is -0.490 e. The van der Waals surface area contributed by atoms with Crippen molar-refractivity contribution >= 4 is 11.6 Å². The molecule has 1 aliphatic rings. The number of nitrogens with zero attached hydrogens (tertiary/aromatic N) is 2. The Balaban J connectivity index is 2.11. The van der Waals surface area contributed by atoms with E-state index < -0.39 is 0 Å². The summed E-state index contributed by atoms with van der Waals surface area (Å²) in [5.41, 5.74) is 1.06. The molecule has 1 aromatic heterocycles. The zero-order valence-electron chi connectivity index (χ0n) is 13.2. The summed E-state index contributed by atoms with van der Waals surface area (Å²) in [4.78, 5) is 6.75. The van der Waals surface area contributed by atoms with E-state index in [0.29, 0.717) is 23.6 Å². The number of pyridine rings is 1. The Hall–Kier alpha value is -0.840. The van der Waals surface area contributed by atoms with Gasteiger partial charge < -0.3 is 15.0 Å². The van der Waals surface area contributed by atoms with Crippen LogP contribution in [0.1, 0.15) is 37.8 Å². The lowest BCUT2D eigenvalue weighted by molar-refractivity contribution is 0.179. The molecule has 4 nitrogen and oxygen atoms in total. The number of ether oxygens (including phenoxy) is 1. The van der Waals surface area contributed by atoms with Gasteiger partial charge in [-0.15, -0.1) is 0 Å². The minimum atomic E-state index is 0.407. The highest BCUT2D eigenvalue weighted by atomic mass is 35.5. The number of aromatic nitrogens is 1. The standard InChI is InChI=1S/C16H26ClN3O/c1-4-14(20(2)3)11-21-15-9-13(17)10-19-16(15)12-5-7-18-8-6-12/h9-10,12,14,18H,4-8,11H2,1-3H3/t14-/m1/s1. The van der Waals surface area contributed by atoms with Gasteiger partial charge in [0.1, 0.15) is 12.4 Å². The predicted molar refractivity (Wildman–Crippen MR) is 87.4 cm³/mol. The zero-order valence-corrected chi connectivity index (χ0v) is 14.0. The van der Waals surface area contributed by atoms with Crippen molar-refractivity contribution in [3.63, 3.8) is 0 Å². The first-order valence-corrected chi connectivity index (χ1v) is 8.15. The van der Waals surface area contributed by atoms with Crippen molar-refractivity contribution < 1.29 is 4.74 Å². The van der Waals surface area contributed by atoms with Crippen molar-refractivity contribution in [2.75, 3.05) is 33.8 Å². The molecule has 0 bridgehead atoms. The molecule has 21 heavy (non-hydrogen) atoms. The molecular formula is C16H26ClN3O.